The Labute approximate surface area is 162 Å². The van der Waals surface area contributed by atoms with Crippen molar-refractivity contribution in [1.82, 2.24) is 14.7 Å². The predicted molar refractivity (Wildman–Crippen MR) is 102 cm³/mol. The van der Waals surface area contributed by atoms with Crippen LogP contribution in [0, 0.1) is 5.92 Å². The molecule has 154 valence electrons. The summed E-state index contributed by atoms with van der Waals surface area (Å²) in [6.07, 6.45) is 5.43. The van der Waals surface area contributed by atoms with Gasteiger partial charge in [-0.3, -0.25) is 9.69 Å². The standard InChI is InChI=1S/C20H35N3O4/c1-3-27-19(25)21-12-8-20(26,9-13-21)15-23-10-5-4-6-17-14-22(16(2)24)11-7-18(17)23/h17-18,26H,3-15H2,1-2H3/t17-,18+/m1/s1. The number of likely N-dealkylation sites (tertiary alicyclic amines) is 3. The van der Waals surface area contributed by atoms with Gasteiger partial charge in [0.25, 0.3) is 0 Å². The lowest BCUT2D eigenvalue weighted by atomic mass is 9.86. The highest BCUT2D eigenvalue weighted by atomic mass is 16.6. The van der Waals surface area contributed by atoms with Crippen LogP contribution in [0.4, 0.5) is 4.79 Å². The number of hydrogen-bond donors (Lipinski definition) is 1. The highest BCUT2D eigenvalue weighted by molar-refractivity contribution is 5.73. The Morgan fingerprint density at radius 1 is 1.07 bits per heavy atom. The Hall–Kier alpha value is -1.34. The summed E-state index contributed by atoms with van der Waals surface area (Å²) in [5, 5.41) is 11.2. The molecule has 0 saturated carbocycles. The summed E-state index contributed by atoms with van der Waals surface area (Å²) < 4.78 is 5.08. The number of ether oxygens (including phenoxy) is 1. The smallest absolute Gasteiger partial charge is 0.409 e. The van der Waals surface area contributed by atoms with Gasteiger partial charge in [0.2, 0.25) is 5.91 Å². The van der Waals surface area contributed by atoms with Gasteiger partial charge in [-0.05, 0) is 51.5 Å². The molecule has 0 aromatic rings. The summed E-state index contributed by atoms with van der Waals surface area (Å²) in [5.74, 6) is 0.683. The lowest BCUT2D eigenvalue weighted by Gasteiger charge is -2.46. The quantitative estimate of drug-likeness (QED) is 0.805. The van der Waals surface area contributed by atoms with E-state index in [0.29, 0.717) is 51.0 Å². The van der Waals surface area contributed by atoms with Crippen LogP contribution in [-0.2, 0) is 9.53 Å². The van der Waals surface area contributed by atoms with Crippen molar-refractivity contribution in [2.24, 2.45) is 5.92 Å². The van der Waals surface area contributed by atoms with E-state index in [0.717, 1.165) is 32.5 Å². The lowest BCUT2D eigenvalue weighted by Crippen LogP contribution is -2.57. The molecule has 0 radical (unpaired) electrons. The summed E-state index contributed by atoms with van der Waals surface area (Å²) in [5.41, 5.74) is -0.740. The normalized spacial score (nSPS) is 29.0. The average Bonchev–Trinajstić information content (AvgIpc) is 2.84. The summed E-state index contributed by atoms with van der Waals surface area (Å²) in [7, 11) is 0. The SMILES string of the molecule is CCOC(=O)N1CCC(O)(CN2CCCC[C@@H]3CN(C(C)=O)CC[C@@H]32)CC1. The Morgan fingerprint density at radius 3 is 2.48 bits per heavy atom. The van der Waals surface area contributed by atoms with Gasteiger partial charge >= 0.3 is 6.09 Å². The summed E-state index contributed by atoms with van der Waals surface area (Å²) >= 11 is 0. The number of carbonyl (C=O) groups is 2. The second-order valence-corrected chi connectivity index (χ2v) is 8.46. The average molecular weight is 382 g/mol. The number of aliphatic hydroxyl groups is 1. The molecule has 3 rings (SSSR count). The lowest BCUT2D eigenvalue weighted by molar-refractivity contribution is -0.132. The molecule has 7 heteroatoms. The third kappa shape index (κ3) is 4.93. The number of piperidine rings is 2. The van der Waals surface area contributed by atoms with E-state index in [1.165, 1.54) is 12.8 Å². The van der Waals surface area contributed by atoms with Crippen molar-refractivity contribution in [2.75, 3.05) is 45.9 Å². The van der Waals surface area contributed by atoms with Crippen molar-refractivity contribution < 1.29 is 19.4 Å². The molecule has 2 atom stereocenters. The zero-order valence-electron chi connectivity index (χ0n) is 16.9. The maximum absolute atomic E-state index is 11.9. The van der Waals surface area contributed by atoms with Crippen LogP contribution in [0.15, 0.2) is 0 Å². The first kappa shape index (κ1) is 20.4. The molecular weight excluding hydrogens is 346 g/mol. The minimum absolute atomic E-state index is 0.175. The first-order valence-corrected chi connectivity index (χ1v) is 10.6. The molecule has 0 aromatic heterocycles. The third-order valence-electron chi connectivity index (χ3n) is 6.60. The number of amides is 2. The Morgan fingerprint density at radius 2 is 1.81 bits per heavy atom. The molecule has 3 aliphatic heterocycles. The summed E-state index contributed by atoms with van der Waals surface area (Å²) in [6, 6.07) is 0.454. The van der Waals surface area contributed by atoms with E-state index in [9.17, 15) is 14.7 Å². The van der Waals surface area contributed by atoms with Crippen LogP contribution < -0.4 is 0 Å². The van der Waals surface area contributed by atoms with Crippen LogP contribution >= 0.6 is 0 Å². The molecule has 3 heterocycles. The second-order valence-electron chi connectivity index (χ2n) is 8.46. The molecule has 0 bridgehead atoms. The van der Waals surface area contributed by atoms with Crippen molar-refractivity contribution in [3.8, 4) is 0 Å². The van der Waals surface area contributed by atoms with Crippen molar-refractivity contribution in [2.45, 2.75) is 64.0 Å². The third-order valence-corrected chi connectivity index (χ3v) is 6.60. The summed E-state index contributed by atoms with van der Waals surface area (Å²) in [4.78, 5) is 29.8. The Bertz CT molecular complexity index is 533. The number of carbonyl (C=O) groups excluding carboxylic acids is 2. The van der Waals surface area contributed by atoms with Gasteiger partial charge < -0.3 is 19.6 Å². The fraction of sp³-hybridized carbons (Fsp3) is 0.900. The summed E-state index contributed by atoms with van der Waals surface area (Å²) in [6.45, 7) is 8.32. The molecule has 27 heavy (non-hydrogen) atoms. The zero-order valence-corrected chi connectivity index (χ0v) is 16.9. The molecule has 0 aliphatic carbocycles. The predicted octanol–water partition coefficient (Wildman–Crippen LogP) is 1.69. The number of fused-ring (bicyclic) bond motifs is 1. The van der Waals surface area contributed by atoms with E-state index in [1.807, 2.05) is 11.8 Å². The molecule has 3 aliphatic rings. The van der Waals surface area contributed by atoms with E-state index in [1.54, 1.807) is 11.8 Å². The minimum atomic E-state index is -0.740. The second kappa shape index (κ2) is 8.78. The number of β-amino-alcohol motifs (C(OH)–C–C–N with tert-alkyl or cyclic N) is 1. The molecule has 7 nitrogen and oxygen atoms in total. The Kier molecular flexibility index (Phi) is 6.63. The van der Waals surface area contributed by atoms with Crippen LogP contribution in [0.2, 0.25) is 0 Å². The van der Waals surface area contributed by atoms with Crippen LogP contribution in [0.3, 0.4) is 0 Å². The molecule has 3 fully saturated rings. The number of nitrogens with zero attached hydrogens (tertiary/aromatic N) is 3. The molecular formula is C20H35N3O4. The monoisotopic (exact) mass is 381 g/mol. The highest BCUT2D eigenvalue weighted by Crippen LogP contribution is 2.33. The fourth-order valence-corrected chi connectivity index (χ4v) is 5.01. The molecule has 1 N–H and O–H groups in total. The molecule has 3 saturated heterocycles. The van der Waals surface area contributed by atoms with E-state index < -0.39 is 5.60 Å². The topological polar surface area (TPSA) is 73.3 Å². The van der Waals surface area contributed by atoms with Crippen LogP contribution in [0.5, 0.6) is 0 Å². The van der Waals surface area contributed by atoms with Gasteiger partial charge in [0.05, 0.1) is 12.2 Å². The van der Waals surface area contributed by atoms with Crippen LogP contribution in [0.1, 0.15) is 52.4 Å². The highest BCUT2D eigenvalue weighted by Gasteiger charge is 2.41. The zero-order chi connectivity index (χ0) is 19.4. The largest absolute Gasteiger partial charge is 0.450 e. The molecule has 0 aromatic carbocycles. The van der Waals surface area contributed by atoms with Crippen molar-refractivity contribution in [1.29, 1.82) is 0 Å². The van der Waals surface area contributed by atoms with Crippen molar-refractivity contribution in [3.63, 3.8) is 0 Å². The van der Waals surface area contributed by atoms with E-state index in [4.69, 9.17) is 4.74 Å². The Balaban J connectivity index is 1.59. The first-order valence-electron chi connectivity index (χ1n) is 10.6. The van der Waals surface area contributed by atoms with E-state index in [2.05, 4.69) is 4.90 Å². The fourth-order valence-electron chi connectivity index (χ4n) is 5.01. The molecule has 0 unspecified atom stereocenters. The van der Waals surface area contributed by atoms with Gasteiger partial charge in [0.15, 0.2) is 0 Å². The van der Waals surface area contributed by atoms with Crippen LogP contribution in [0.25, 0.3) is 0 Å². The van der Waals surface area contributed by atoms with Gasteiger partial charge in [0, 0.05) is 45.7 Å². The molecule has 2 amide bonds. The number of rotatable bonds is 3. The minimum Gasteiger partial charge on any atom is -0.450 e. The first-order chi connectivity index (χ1) is 12.9. The van der Waals surface area contributed by atoms with Gasteiger partial charge in [-0.2, -0.15) is 0 Å². The van der Waals surface area contributed by atoms with Gasteiger partial charge in [-0.25, -0.2) is 4.79 Å². The van der Waals surface area contributed by atoms with Crippen LogP contribution in [-0.4, -0.2) is 89.3 Å². The van der Waals surface area contributed by atoms with Crippen molar-refractivity contribution in [3.05, 3.63) is 0 Å². The van der Waals surface area contributed by atoms with Gasteiger partial charge in [-0.1, -0.05) is 6.42 Å². The van der Waals surface area contributed by atoms with Crippen molar-refractivity contribution >= 4 is 12.0 Å². The van der Waals surface area contributed by atoms with Gasteiger partial charge in [0.1, 0.15) is 0 Å². The maximum atomic E-state index is 11.9. The van der Waals surface area contributed by atoms with E-state index in [-0.39, 0.29) is 12.0 Å². The maximum Gasteiger partial charge on any atom is 0.409 e. The molecule has 0 spiro atoms. The number of hydrogen-bond acceptors (Lipinski definition) is 5. The van der Waals surface area contributed by atoms with Gasteiger partial charge in [-0.15, -0.1) is 0 Å². The van der Waals surface area contributed by atoms with E-state index >= 15 is 0 Å².